The number of carbonyl (C=O) groups is 1. The normalized spacial score (nSPS) is 27.2. The molecule has 2 nitrogen and oxygen atoms in total. The molecule has 1 aromatic rings. The fourth-order valence-electron chi connectivity index (χ4n) is 3.31. The van der Waals surface area contributed by atoms with Crippen molar-refractivity contribution in [2.24, 2.45) is 0 Å². The molecule has 0 bridgehead atoms. The minimum Gasteiger partial charge on any atom is -0.392 e. The van der Waals surface area contributed by atoms with E-state index in [0.717, 1.165) is 37.7 Å². The van der Waals surface area contributed by atoms with Crippen molar-refractivity contribution < 1.29 is 9.90 Å². The van der Waals surface area contributed by atoms with Crippen LogP contribution in [0.5, 0.6) is 0 Å². The smallest absolute Gasteiger partial charge is 0.145 e. The molecule has 0 aliphatic heterocycles. The maximum absolute atomic E-state index is 12.7. The summed E-state index contributed by atoms with van der Waals surface area (Å²) >= 11 is 0. The van der Waals surface area contributed by atoms with Crippen LogP contribution in [0.25, 0.3) is 0 Å². The van der Waals surface area contributed by atoms with Crippen LogP contribution in [0.15, 0.2) is 30.3 Å². The lowest BCUT2D eigenvalue weighted by atomic mass is 9.68. The second kappa shape index (κ2) is 6.33. The molecule has 0 radical (unpaired) electrons. The van der Waals surface area contributed by atoms with Crippen molar-refractivity contribution >= 4 is 5.78 Å². The van der Waals surface area contributed by atoms with Crippen LogP contribution in [0.3, 0.4) is 0 Å². The number of Topliss-reactive ketones (excluding diaryl/α,β-unsaturated/α-hetero) is 1. The Hall–Kier alpha value is -1.15. The fraction of sp³-hybridized carbons (Fsp3) is 0.588. The van der Waals surface area contributed by atoms with Gasteiger partial charge in [-0.1, -0.05) is 56.0 Å². The molecule has 2 atom stereocenters. The van der Waals surface area contributed by atoms with E-state index in [-0.39, 0.29) is 5.78 Å². The molecule has 1 aliphatic carbocycles. The zero-order valence-electron chi connectivity index (χ0n) is 11.8. The zero-order valence-corrected chi connectivity index (χ0v) is 11.8. The van der Waals surface area contributed by atoms with Gasteiger partial charge in [-0.2, -0.15) is 0 Å². The summed E-state index contributed by atoms with van der Waals surface area (Å²) < 4.78 is 0. The van der Waals surface area contributed by atoms with Gasteiger partial charge < -0.3 is 5.11 Å². The Balaban J connectivity index is 2.41. The summed E-state index contributed by atoms with van der Waals surface area (Å²) in [6, 6.07) is 9.85. The lowest BCUT2D eigenvalue weighted by Gasteiger charge is -2.35. The van der Waals surface area contributed by atoms with Crippen molar-refractivity contribution in [3.63, 3.8) is 0 Å². The van der Waals surface area contributed by atoms with Crippen LogP contribution < -0.4 is 0 Å². The van der Waals surface area contributed by atoms with E-state index in [1.54, 1.807) is 6.92 Å². The van der Waals surface area contributed by atoms with Gasteiger partial charge in [0.1, 0.15) is 5.78 Å². The van der Waals surface area contributed by atoms with Crippen molar-refractivity contribution in [1.82, 2.24) is 0 Å². The molecule has 2 rings (SSSR count). The minimum atomic E-state index is -0.689. The largest absolute Gasteiger partial charge is 0.392 e. The Morgan fingerprint density at radius 1 is 1.05 bits per heavy atom. The van der Waals surface area contributed by atoms with Crippen LogP contribution in [-0.2, 0) is 10.2 Å². The average Bonchev–Trinajstić information content (AvgIpc) is 2.51. The molecule has 1 aliphatic rings. The third-order valence-electron chi connectivity index (χ3n) is 4.47. The number of carbonyl (C=O) groups excluding carboxylic acids is 1. The average molecular weight is 260 g/mol. The maximum Gasteiger partial charge on any atom is 0.145 e. The molecule has 0 spiro atoms. The molecule has 0 amide bonds. The van der Waals surface area contributed by atoms with E-state index in [1.165, 1.54) is 6.42 Å². The van der Waals surface area contributed by atoms with Gasteiger partial charge in [0.05, 0.1) is 11.5 Å². The summed E-state index contributed by atoms with van der Waals surface area (Å²) in [4.78, 5) is 12.7. The Morgan fingerprint density at radius 2 is 1.68 bits per heavy atom. The van der Waals surface area contributed by atoms with Gasteiger partial charge in [-0.25, -0.2) is 0 Å². The van der Waals surface area contributed by atoms with E-state index in [0.29, 0.717) is 6.42 Å². The standard InChI is InChI=1S/C17H24O2/c1-14(18)17(15-10-6-5-7-11-15)13-9-4-2-3-8-12-16(17)19/h5-7,10-11,14,18H,2-4,8-9,12-13H2,1H3/t14-,17+/m1/s1. The molecule has 19 heavy (non-hydrogen) atoms. The van der Waals surface area contributed by atoms with Crippen molar-refractivity contribution in [2.45, 2.75) is 63.4 Å². The highest BCUT2D eigenvalue weighted by Gasteiger charge is 2.43. The molecule has 0 saturated heterocycles. The lowest BCUT2D eigenvalue weighted by Crippen LogP contribution is -2.45. The van der Waals surface area contributed by atoms with Gasteiger partial charge in [0, 0.05) is 6.42 Å². The monoisotopic (exact) mass is 260 g/mol. The third-order valence-corrected chi connectivity index (χ3v) is 4.47. The van der Waals surface area contributed by atoms with Gasteiger partial charge in [0.2, 0.25) is 0 Å². The van der Waals surface area contributed by atoms with E-state index < -0.39 is 11.5 Å². The highest BCUT2D eigenvalue weighted by molar-refractivity contribution is 5.90. The predicted molar refractivity (Wildman–Crippen MR) is 77.1 cm³/mol. The predicted octanol–water partition coefficient (Wildman–Crippen LogP) is 3.62. The summed E-state index contributed by atoms with van der Waals surface area (Å²) in [6.07, 6.45) is 6.22. The second-order valence-electron chi connectivity index (χ2n) is 5.70. The van der Waals surface area contributed by atoms with Gasteiger partial charge in [-0.05, 0) is 25.3 Å². The van der Waals surface area contributed by atoms with E-state index in [2.05, 4.69) is 0 Å². The van der Waals surface area contributed by atoms with E-state index in [1.807, 2.05) is 30.3 Å². The van der Waals surface area contributed by atoms with Crippen LogP contribution in [0.4, 0.5) is 0 Å². The summed E-state index contributed by atoms with van der Waals surface area (Å²) in [7, 11) is 0. The van der Waals surface area contributed by atoms with Gasteiger partial charge >= 0.3 is 0 Å². The number of rotatable bonds is 2. The first-order chi connectivity index (χ1) is 9.18. The van der Waals surface area contributed by atoms with Gasteiger partial charge in [-0.3, -0.25) is 4.79 Å². The Kier molecular flexibility index (Phi) is 4.76. The first-order valence-corrected chi connectivity index (χ1v) is 7.45. The Bertz CT molecular complexity index is 411. The van der Waals surface area contributed by atoms with E-state index in [9.17, 15) is 9.90 Å². The molecule has 1 aromatic carbocycles. The molecular formula is C17H24O2. The molecule has 1 fully saturated rings. The number of aliphatic hydroxyl groups is 1. The maximum atomic E-state index is 12.7. The van der Waals surface area contributed by atoms with Gasteiger partial charge in [0.15, 0.2) is 0 Å². The minimum absolute atomic E-state index is 0.218. The Labute approximate surface area is 115 Å². The highest BCUT2D eigenvalue weighted by Crippen LogP contribution is 2.37. The quantitative estimate of drug-likeness (QED) is 0.882. The van der Waals surface area contributed by atoms with Crippen LogP contribution in [0.1, 0.15) is 57.4 Å². The third kappa shape index (κ3) is 2.89. The number of hydrogen-bond donors (Lipinski definition) is 1. The van der Waals surface area contributed by atoms with Gasteiger partial charge in [-0.15, -0.1) is 0 Å². The molecule has 1 saturated carbocycles. The van der Waals surface area contributed by atoms with Gasteiger partial charge in [0.25, 0.3) is 0 Å². The topological polar surface area (TPSA) is 37.3 Å². The second-order valence-corrected chi connectivity index (χ2v) is 5.70. The van der Waals surface area contributed by atoms with Crippen LogP contribution in [0.2, 0.25) is 0 Å². The molecular weight excluding hydrogens is 236 g/mol. The first-order valence-electron chi connectivity index (χ1n) is 7.45. The number of hydrogen-bond acceptors (Lipinski definition) is 2. The lowest BCUT2D eigenvalue weighted by molar-refractivity contribution is -0.129. The van der Waals surface area contributed by atoms with Crippen LogP contribution >= 0.6 is 0 Å². The van der Waals surface area contributed by atoms with Crippen molar-refractivity contribution in [3.8, 4) is 0 Å². The fourth-order valence-corrected chi connectivity index (χ4v) is 3.31. The summed E-state index contributed by atoms with van der Waals surface area (Å²) in [5, 5.41) is 10.3. The van der Waals surface area contributed by atoms with Crippen molar-refractivity contribution in [3.05, 3.63) is 35.9 Å². The van der Waals surface area contributed by atoms with Crippen molar-refractivity contribution in [1.29, 1.82) is 0 Å². The molecule has 2 heteroatoms. The molecule has 104 valence electrons. The molecule has 0 heterocycles. The number of aliphatic hydroxyl groups excluding tert-OH is 1. The summed E-state index contributed by atoms with van der Waals surface area (Å²) in [6.45, 7) is 1.77. The first kappa shape index (κ1) is 14.3. The van der Waals surface area contributed by atoms with E-state index >= 15 is 0 Å². The van der Waals surface area contributed by atoms with E-state index in [4.69, 9.17) is 0 Å². The van der Waals surface area contributed by atoms with Crippen molar-refractivity contribution in [2.75, 3.05) is 0 Å². The summed E-state index contributed by atoms with van der Waals surface area (Å²) in [5.74, 6) is 0.218. The molecule has 1 N–H and O–H groups in total. The molecule has 0 aromatic heterocycles. The van der Waals surface area contributed by atoms with Crippen LogP contribution in [-0.4, -0.2) is 17.0 Å². The summed E-state index contributed by atoms with van der Waals surface area (Å²) in [5.41, 5.74) is 0.294. The molecule has 0 unspecified atom stereocenters. The number of ketones is 1. The van der Waals surface area contributed by atoms with Crippen LogP contribution in [0, 0.1) is 0 Å². The zero-order chi connectivity index (χ0) is 13.7. The SMILES string of the molecule is C[C@@H](O)[C@]1(c2ccccc2)CCCCCCCC1=O. The Morgan fingerprint density at radius 3 is 2.37 bits per heavy atom. The highest BCUT2D eigenvalue weighted by atomic mass is 16.3. The number of benzene rings is 1.